The molecule has 1 unspecified atom stereocenters. The molecule has 0 radical (unpaired) electrons. The van der Waals surface area contributed by atoms with Gasteiger partial charge < -0.3 is 19.9 Å². The Morgan fingerprint density at radius 3 is 3.28 bits per heavy atom. The molecule has 0 amide bonds. The van der Waals surface area contributed by atoms with Gasteiger partial charge in [-0.1, -0.05) is 0 Å². The number of anilines is 1. The van der Waals surface area contributed by atoms with Crippen LogP contribution in [-0.2, 0) is 11.3 Å². The summed E-state index contributed by atoms with van der Waals surface area (Å²) in [6.45, 7) is 3.41. The Bertz CT molecular complexity index is 552. The highest BCUT2D eigenvalue weighted by atomic mass is 16.5. The van der Waals surface area contributed by atoms with E-state index >= 15 is 0 Å². The number of hydrogen-bond donors (Lipinski definition) is 1. The van der Waals surface area contributed by atoms with Gasteiger partial charge in [0.2, 0.25) is 5.95 Å². The highest BCUT2D eigenvalue weighted by molar-refractivity contribution is 5.77. The Kier molecular flexibility index (Phi) is 2.89. The maximum absolute atomic E-state index is 5.96. The van der Waals surface area contributed by atoms with E-state index in [0.29, 0.717) is 5.95 Å². The van der Waals surface area contributed by atoms with Gasteiger partial charge in [-0.3, -0.25) is 4.98 Å². The fourth-order valence-corrected chi connectivity index (χ4v) is 2.37. The molecular formula is C12H17N5O. The first-order chi connectivity index (χ1) is 8.74. The van der Waals surface area contributed by atoms with Crippen LogP contribution in [0.25, 0.3) is 11.0 Å². The van der Waals surface area contributed by atoms with Crippen molar-refractivity contribution >= 4 is 17.0 Å². The SMILES string of the molecule is CN1CCOC(Cn2c(N)nc3cnccc32)C1. The molecule has 0 spiro atoms. The zero-order chi connectivity index (χ0) is 12.5. The van der Waals surface area contributed by atoms with E-state index in [1.54, 1.807) is 12.4 Å². The quantitative estimate of drug-likeness (QED) is 0.829. The third kappa shape index (κ3) is 2.04. The van der Waals surface area contributed by atoms with Crippen molar-refractivity contribution in [2.45, 2.75) is 12.6 Å². The van der Waals surface area contributed by atoms with Crippen LogP contribution < -0.4 is 5.73 Å². The molecule has 96 valence electrons. The van der Waals surface area contributed by atoms with Crippen LogP contribution in [0.5, 0.6) is 0 Å². The predicted octanol–water partition coefficient (Wildman–Crippen LogP) is 0.344. The van der Waals surface area contributed by atoms with Crippen molar-refractivity contribution in [2.75, 3.05) is 32.5 Å². The summed E-state index contributed by atoms with van der Waals surface area (Å²) in [5.41, 5.74) is 7.81. The van der Waals surface area contributed by atoms with E-state index in [1.165, 1.54) is 0 Å². The molecule has 0 saturated carbocycles. The number of pyridine rings is 1. The summed E-state index contributed by atoms with van der Waals surface area (Å²) in [5.74, 6) is 0.523. The average Bonchev–Trinajstić information content (AvgIpc) is 2.66. The van der Waals surface area contributed by atoms with Gasteiger partial charge in [-0.15, -0.1) is 0 Å². The summed E-state index contributed by atoms with van der Waals surface area (Å²) in [7, 11) is 2.11. The second-order valence-corrected chi connectivity index (χ2v) is 4.70. The molecule has 3 rings (SSSR count). The summed E-state index contributed by atoms with van der Waals surface area (Å²) in [6.07, 6.45) is 3.65. The summed E-state index contributed by atoms with van der Waals surface area (Å²) >= 11 is 0. The highest BCUT2D eigenvalue weighted by Crippen LogP contribution is 2.18. The van der Waals surface area contributed by atoms with Crippen molar-refractivity contribution in [1.29, 1.82) is 0 Å². The molecule has 1 aliphatic rings. The number of hydrogen-bond acceptors (Lipinski definition) is 5. The van der Waals surface area contributed by atoms with Gasteiger partial charge in [0.1, 0.15) is 5.52 Å². The van der Waals surface area contributed by atoms with Crippen LogP contribution in [0.15, 0.2) is 18.5 Å². The molecular weight excluding hydrogens is 230 g/mol. The lowest BCUT2D eigenvalue weighted by molar-refractivity contribution is -0.0267. The average molecular weight is 247 g/mol. The van der Waals surface area contributed by atoms with E-state index < -0.39 is 0 Å². The number of nitrogens with two attached hydrogens (primary N) is 1. The van der Waals surface area contributed by atoms with Gasteiger partial charge in [0.25, 0.3) is 0 Å². The summed E-state index contributed by atoms with van der Waals surface area (Å²) in [6, 6.07) is 1.94. The zero-order valence-electron chi connectivity index (χ0n) is 10.4. The first kappa shape index (κ1) is 11.4. The van der Waals surface area contributed by atoms with Crippen molar-refractivity contribution in [1.82, 2.24) is 19.4 Å². The van der Waals surface area contributed by atoms with Crippen molar-refractivity contribution in [3.63, 3.8) is 0 Å². The minimum absolute atomic E-state index is 0.164. The molecule has 3 heterocycles. The number of fused-ring (bicyclic) bond motifs is 1. The number of nitrogens with zero attached hydrogens (tertiary/aromatic N) is 4. The number of likely N-dealkylation sites (N-methyl/N-ethyl adjacent to an activating group) is 1. The van der Waals surface area contributed by atoms with Gasteiger partial charge in [0.15, 0.2) is 0 Å². The van der Waals surface area contributed by atoms with E-state index in [0.717, 1.165) is 37.3 Å². The lowest BCUT2D eigenvalue weighted by atomic mass is 10.2. The topological polar surface area (TPSA) is 69.2 Å². The lowest BCUT2D eigenvalue weighted by Gasteiger charge is -2.30. The van der Waals surface area contributed by atoms with Gasteiger partial charge in [-0.25, -0.2) is 4.98 Å². The molecule has 1 atom stereocenters. The Hall–Kier alpha value is -1.66. The maximum atomic E-state index is 5.96. The van der Waals surface area contributed by atoms with Crippen molar-refractivity contribution in [3.8, 4) is 0 Å². The van der Waals surface area contributed by atoms with E-state index in [2.05, 4.69) is 21.9 Å². The molecule has 2 aromatic heterocycles. The number of rotatable bonds is 2. The standard InChI is InChI=1S/C12H17N5O/c1-16-4-5-18-9(7-16)8-17-11-2-3-14-6-10(11)15-12(17)13/h2-3,6,9H,4-5,7-8H2,1H3,(H2,13,15). The Balaban J connectivity index is 1.87. The second kappa shape index (κ2) is 4.55. The van der Waals surface area contributed by atoms with E-state index in [4.69, 9.17) is 10.5 Å². The number of imidazole rings is 1. The number of nitrogen functional groups attached to an aromatic ring is 1. The molecule has 1 aliphatic heterocycles. The van der Waals surface area contributed by atoms with Gasteiger partial charge in [0, 0.05) is 19.3 Å². The first-order valence-corrected chi connectivity index (χ1v) is 6.10. The van der Waals surface area contributed by atoms with Crippen molar-refractivity contribution in [2.24, 2.45) is 0 Å². The van der Waals surface area contributed by atoms with Crippen LogP contribution in [0.3, 0.4) is 0 Å². The molecule has 0 bridgehead atoms. The van der Waals surface area contributed by atoms with E-state index in [1.807, 2.05) is 10.6 Å². The molecule has 2 N–H and O–H groups in total. The first-order valence-electron chi connectivity index (χ1n) is 6.10. The minimum atomic E-state index is 0.164. The fraction of sp³-hybridized carbons (Fsp3) is 0.500. The smallest absolute Gasteiger partial charge is 0.201 e. The van der Waals surface area contributed by atoms with E-state index in [9.17, 15) is 0 Å². The molecule has 0 aliphatic carbocycles. The molecule has 6 heteroatoms. The van der Waals surface area contributed by atoms with Crippen LogP contribution in [0.2, 0.25) is 0 Å². The molecule has 2 aromatic rings. The van der Waals surface area contributed by atoms with Crippen LogP contribution in [-0.4, -0.2) is 52.3 Å². The largest absolute Gasteiger partial charge is 0.374 e. The minimum Gasteiger partial charge on any atom is -0.374 e. The molecule has 6 nitrogen and oxygen atoms in total. The molecule has 18 heavy (non-hydrogen) atoms. The Morgan fingerprint density at radius 2 is 2.44 bits per heavy atom. The van der Waals surface area contributed by atoms with Crippen molar-refractivity contribution in [3.05, 3.63) is 18.5 Å². The third-order valence-corrected chi connectivity index (χ3v) is 3.31. The zero-order valence-corrected chi connectivity index (χ0v) is 10.4. The highest BCUT2D eigenvalue weighted by Gasteiger charge is 2.20. The van der Waals surface area contributed by atoms with Gasteiger partial charge in [-0.05, 0) is 13.1 Å². The second-order valence-electron chi connectivity index (χ2n) is 4.70. The van der Waals surface area contributed by atoms with Gasteiger partial charge in [0.05, 0.1) is 31.0 Å². The van der Waals surface area contributed by atoms with Gasteiger partial charge in [-0.2, -0.15) is 0 Å². The maximum Gasteiger partial charge on any atom is 0.201 e. The van der Waals surface area contributed by atoms with Crippen molar-refractivity contribution < 1.29 is 4.74 Å². The molecule has 1 fully saturated rings. The monoisotopic (exact) mass is 247 g/mol. The van der Waals surface area contributed by atoms with Crippen LogP contribution in [0.4, 0.5) is 5.95 Å². The summed E-state index contributed by atoms with van der Waals surface area (Å²) in [5, 5.41) is 0. The van der Waals surface area contributed by atoms with E-state index in [-0.39, 0.29) is 6.10 Å². The predicted molar refractivity (Wildman–Crippen MR) is 69.2 cm³/mol. The lowest BCUT2D eigenvalue weighted by Crippen LogP contribution is -2.42. The van der Waals surface area contributed by atoms with Crippen LogP contribution in [0.1, 0.15) is 0 Å². The summed E-state index contributed by atoms with van der Waals surface area (Å²) in [4.78, 5) is 10.6. The molecule has 1 saturated heterocycles. The third-order valence-electron chi connectivity index (χ3n) is 3.31. The van der Waals surface area contributed by atoms with Gasteiger partial charge >= 0.3 is 0 Å². The summed E-state index contributed by atoms with van der Waals surface area (Å²) < 4.78 is 7.76. The number of ether oxygens (including phenoxy) is 1. The molecule has 0 aromatic carbocycles. The Morgan fingerprint density at radius 1 is 1.56 bits per heavy atom. The number of aromatic nitrogens is 3. The van der Waals surface area contributed by atoms with Crippen LogP contribution >= 0.6 is 0 Å². The normalized spacial score (nSPS) is 21.5. The number of morpholine rings is 1. The Labute approximate surface area is 105 Å². The van der Waals surface area contributed by atoms with Crippen LogP contribution in [0, 0.1) is 0 Å². The fourth-order valence-electron chi connectivity index (χ4n) is 2.37.